The van der Waals surface area contributed by atoms with Crippen molar-refractivity contribution in [3.05, 3.63) is 36.0 Å². The summed E-state index contributed by atoms with van der Waals surface area (Å²) in [5.74, 6) is 0.535. The van der Waals surface area contributed by atoms with Gasteiger partial charge in [-0.2, -0.15) is 5.10 Å². The zero-order valence-corrected chi connectivity index (χ0v) is 15.0. The molecule has 1 heterocycles. The molecule has 0 radical (unpaired) electrons. The lowest BCUT2D eigenvalue weighted by molar-refractivity contribution is 0.262. The van der Waals surface area contributed by atoms with Crippen LogP contribution >= 0.6 is 0 Å². The van der Waals surface area contributed by atoms with Crippen LogP contribution in [0.3, 0.4) is 0 Å². The van der Waals surface area contributed by atoms with E-state index in [4.69, 9.17) is 0 Å². The van der Waals surface area contributed by atoms with E-state index >= 15 is 0 Å². The first-order chi connectivity index (χ1) is 11.4. The molecule has 7 heteroatoms. The van der Waals surface area contributed by atoms with Crippen LogP contribution < -0.4 is 15.5 Å². The van der Waals surface area contributed by atoms with Crippen LogP contribution in [0.5, 0.6) is 0 Å². The molecule has 0 aliphatic carbocycles. The minimum Gasteiger partial charge on any atom is -0.377 e. The topological polar surface area (TPSA) is 65.4 Å². The van der Waals surface area contributed by atoms with Gasteiger partial charge in [0.2, 0.25) is 0 Å². The summed E-state index contributed by atoms with van der Waals surface area (Å²) in [5.41, 5.74) is 2.88. The number of carbonyl (C=O) groups excluding carboxylic acids is 1. The summed E-state index contributed by atoms with van der Waals surface area (Å²) in [6, 6.07) is 7.32. The first kappa shape index (κ1) is 17.8. The van der Waals surface area contributed by atoms with Gasteiger partial charge < -0.3 is 15.1 Å². The third kappa shape index (κ3) is 4.73. The SMILES string of the molecule is Cc1c(NC(=O)Nc2ccn(CCN(C)C)n2)cccc1N(C)C. The summed E-state index contributed by atoms with van der Waals surface area (Å²) in [4.78, 5) is 16.3. The summed E-state index contributed by atoms with van der Waals surface area (Å²) in [5, 5.41) is 9.99. The molecule has 0 saturated carbocycles. The summed E-state index contributed by atoms with van der Waals surface area (Å²) in [7, 11) is 7.99. The molecule has 0 bridgehead atoms. The first-order valence-electron chi connectivity index (χ1n) is 7.90. The van der Waals surface area contributed by atoms with Gasteiger partial charge in [0.1, 0.15) is 0 Å². The number of carbonyl (C=O) groups is 1. The third-order valence-electron chi connectivity index (χ3n) is 3.69. The van der Waals surface area contributed by atoms with Crippen LogP contribution in [0.1, 0.15) is 5.56 Å². The average molecular weight is 330 g/mol. The fraction of sp³-hybridized carbons (Fsp3) is 0.412. The lowest BCUT2D eigenvalue weighted by Gasteiger charge is -2.18. The molecule has 2 rings (SSSR count). The van der Waals surface area contributed by atoms with Crippen molar-refractivity contribution in [1.29, 1.82) is 0 Å². The Bertz CT molecular complexity index is 692. The van der Waals surface area contributed by atoms with Gasteiger partial charge in [0, 0.05) is 44.3 Å². The summed E-state index contributed by atoms with van der Waals surface area (Å²) >= 11 is 0. The molecule has 0 atom stereocenters. The number of rotatable bonds is 6. The van der Waals surface area contributed by atoms with Gasteiger partial charge in [-0.1, -0.05) is 6.07 Å². The Hall–Kier alpha value is -2.54. The van der Waals surface area contributed by atoms with Gasteiger partial charge in [-0.05, 0) is 38.7 Å². The van der Waals surface area contributed by atoms with Crippen LogP contribution in [0.15, 0.2) is 30.5 Å². The highest BCUT2D eigenvalue weighted by atomic mass is 16.2. The van der Waals surface area contributed by atoms with Crippen molar-refractivity contribution in [1.82, 2.24) is 14.7 Å². The molecule has 2 aromatic rings. The van der Waals surface area contributed by atoms with Crippen LogP contribution in [-0.4, -0.2) is 55.4 Å². The Labute approximate surface area is 143 Å². The number of hydrogen-bond donors (Lipinski definition) is 2. The third-order valence-corrected chi connectivity index (χ3v) is 3.69. The Balaban J connectivity index is 1.98. The van der Waals surface area contributed by atoms with Crippen molar-refractivity contribution in [2.75, 3.05) is 50.3 Å². The average Bonchev–Trinajstić information content (AvgIpc) is 2.94. The molecule has 0 spiro atoms. The number of aromatic nitrogens is 2. The number of amides is 2. The molecule has 2 N–H and O–H groups in total. The van der Waals surface area contributed by atoms with Crippen LogP contribution in [0.4, 0.5) is 22.0 Å². The largest absolute Gasteiger partial charge is 0.377 e. The maximum atomic E-state index is 12.2. The number of anilines is 3. The second-order valence-electron chi connectivity index (χ2n) is 6.19. The Morgan fingerprint density at radius 3 is 2.58 bits per heavy atom. The van der Waals surface area contributed by atoms with Gasteiger partial charge in [0.25, 0.3) is 0 Å². The van der Waals surface area contributed by atoms with E-state index in [1.54, 1.807) is 6.07 Å². The van der Waals surface area contributed by atoms with Crippen molar-refractivity contribution < 1.29 is 4.79 Å². The number of nitrogens with zero attached hydrogens (tertiary/aromatic N) is 4. The quantitative estimate of drug-likeness (QED) is 0.854. The number of likely N-dealkylation sites (N-methyl/N-ethyl adjacent to an activating group) is 1. The number of benzene rings is 1. The normalized spacial score (nSPS) is 10.8. The Morgan fingerprint density at radius 2 is 1.92 bits per heavy atom. The van der Waals surface area contributed by atoms with Crippen LogP contribution in [-0.2, 0) is 6.54 Å². The predicted molar refractivity (Wildman–Crippen MR) is 98.9 cm³/mol. The van der Waals surface area contributed by atoms with Crippen molar-refractivity contribution in [2.45, 2.75) is 13.5 Å². The minimum atomic E-state index is -0.299. The monoisotopic (exact) mass is 330 g/mol. The smallest absolute Gasteiger partial charge is 0.324 e. The molecule has 1 aromatic heterocycles. The predicted octanol–water partition coefficient (Wildman–Crippen LogP) is 2.46. The molecule has 2 amide bonds. The van der Waals surface area contributed by atoms with Crippen molar-refractivity contribution in [3.8, 4) is 0 Å². The summed E-state index contributed by atoms with van der Waals surface area (Å²) in [6.45, 7) is 3.66. The molecule has 7 nitrogen and oxygen atoms in total. The molecule has 24 heavy (non-hydrogen) atoms. The minimum absolute atomic E-state index is 0.299. The lowest BCUT2D eigenvalue weighted by atomic mass is 10.1. The van der Waals surface area contributed by atoms with E-state index in [2.05, 4.69) is 20.6 Å². The zero-order chi connectivity index (χ0) is 17.7. The van der Waals surface area contributed by atoms with Crippen molar-refractivity contribution in [3.63, 3.8) is 0 Å². The standard InChI is InChI=1S/C17H26N6O/c1-13-14(7-6-8-15(13)22(4)5)18-17(24)19-16-9-10-23(20-16)12-11-21(2)3/h6-10H,11-12H2,1-5H3,(H2,18,19,20,24). The van der Waals surface area contributed by atoms with E-state index in [1.165, 1.54) is 0 Å². The Kier molecular flexibility index (Phi) is 5.81. The van der Waals surface area contributed by atoms with E-state index in [9.17, 15) is 4.79 Å². The molecule has 0 fully saturated rings. The highest BCUT2D eigenvalue weighted by molar-refractivity contribution is 6.00. The molecule has 130 valence electrons. The van der Waals surface area contributed by atoms with Gasteiger partial charge >= 0.3 is 6.03 Å². The summed E-state index contributed by atoms with van der Waals surface area (Å²) < 4.78 is 1.81. The van der Waals surface area contributed by atoms with Gasteiger partial charge in [-0.15, -0.1) is 0 Å². The van der Waals surface area contributed by atoms with E-state index in [1.807, 2.05) is 69.1 Å². The highest BCUT2D eigenvalue weighted by Crippen LogP contribution is 2.25. The highest BCUT2D eigenvalue weighted by Gasteiger charge is 2.10. The number of hydrogen-bond acceptors (Lipinski definition) is 4. The zero-order valence-electron chi connectivity index (χ0n) is 15.0. The van der Waals surface area contributed by atoms with Gasteiger partial charge in [0.15, 0.2) is 5.82 Å². The summed E-state index contributed by atoms with van der Waals surface area (Å²) in [6.07, 6.45) is 1.86. The molecular weight excluding hydrogens is 304 g/mol. The molecule has 0 aliphatic heterocycles. The number of nitrogens with one attached hydrogen (secondary N) is 2. The van der Waals surface area contributed by atoms with E-state index in [0.717, 1.165) is 30.0 Å². The molecular formula is C17H26N6O. The second kappa shape index (κ2) is 7.83. The Morgan fingerprint density at radius 1 is 1.17 bits per heavy atom. The maximum Gasteiger partial charge on any atom is 0.324 e. The fourth-order valence-corrected chi connectivity index (χ4v) is 2.37. The first-order valence-corrected chi connectivity index (χ1v) is 7.90. The van der Waals surface area contributed by atoms with Gasteiger partial charge in [-0.25, -0.2) is 4.79 Å². The van der Waals surface area contributed by atoms with Crippen LogP contribution in [0.2, 0.25) is 0 Å². The van der Waals surface area contributed by atoms with E-state index < -0.39 is 0 Å². The number of urea groups is 1. The van der Waals surface area contributed by atoms with Crippen LogP contribution in [0.25, 0.3) is 0 Å². The molecule has 0 unspecified atom stereocenters. The van der Waals surface area contributed by atoms with Crippen molar-refractivity contribution in [2.24, 2.45) is 0 Å². The fourth-order valence-electron chi connectivity index (χ4n) is 2.37. The molecule has 0 aliphatic rings. The van der Waals surface area contributed by atoms with E-state index in [-0.39, 0.29) is 6.03 Å². The lowest BCUT2D eigenvalue weighted by Crippen LogP contribution is -2.22. The maximum absolute atomic E-state index is 12.2. The second-order valence-corrected chi connectivity index (χ2v) is 6.19. The van der Waals surface area contributed by atoms with Gasteiger partial charge in [-0.3, -0.25) is 10.00 Å². The van der Waals surface area contributed by atoms with Crippen molar-refractivity contribution >= 4 is 23.2 Å². The van der Waals surface area contributed by atoms with Crippen LogP contribution in [0, 0.1) is 6.92 Å². The molecule has 1 aromatic carbocycles. The van der Waals surface area contributed by atoms with E-state index in [0.29, 0.717) is 5.82 Å². The van der Waals surface area contributed by atoms with Gasteiger partial charge in [0.05, 0.1) is 6.54 Å². The molecule has 0 saturated heterocycles.